The summed E-state index contributed by atoms with van der Waals surface area (Å²) in [5.74, 6) is -0.216. The fraction of sp³-hybridized carbons (Fsp3) is 0.900. The Morgan fingerprint density at radius 2 is 1.03 bits per heavy atom. The second kappa shape index (κ2) is 37.5. The number of hydrogen-bond acceptors (Lipinski definition) is 13. The maximum absolute atomic E-state index is 13.2. The van der Waals surface area contributed by atoms with Crippen LogP contribution in [0.15, 0.2) is 24.3 Å². The van der Waals surface area contributed by atoms with E-state index in [4.69, 9.17) is 18.9 Å². The molecule has 12 unspecified atom stereocenters. The highest BCUT2D eigenvalue weighted by molar-refractivity contribution is 5.76. The first kappa shape index (κ1) is 58.6. The van der Waals surface area contributed by atoms with Crippen LogP contribution >= 0.6 is 0 Å². The lowest BCUT2D eigenvalue weighted by Crippen LogP contribution is -2.65. The van der Waals surface area contributed by atoms with Gasteiger partial charge in [0.15, 0.2) is 12.6 Å². The first-order valence-corrected chi connectivity index (χ1v) is 25.6. The number of ether oxygens (including phenoxy) is 4. The van der Waals surface area contributed by atoms with Crippen molar-refractivity contribution in [1.29, 1.82) is 0 Å². The van der Waals surface area contributed by atoms with Crippen molar-refractivity contribution in [2.75, 3.05) is 19.8 Å². The Kier molecular flexibility index (Phi) is 34.3. The van der Waals surface area contributed by atoms with Crippen LogP contribution in [-0.4, -0.2) is 140 Å². The number of unbranched alkanes of at least 4 members (excludes halogenated alkanes) is 22. The van der Waals surface area contributed by atoms with Crippen molar-refractivity contribution < 1.29 is 64.6 Å². The number of allylic oxidation sites excluding steroid dienone is 4. The first-order chi connectivity index (χ1) is 31.1. The third kappa shape index (κ3) is 24.5. The zero-order valence-corrected chi connectivity index (χ0v) is 39.8. The largest absolute Gasteiger partial charge is 0.394 e. The molecule has 14 nitrogen and oxygen atoms in total. The molecule has 64 heavy (non-hydrogen) atoms. The van der Waals surface area contributed by atoms with Crippen LogP contribution in [0.5, 0.6) is 0 Å². The van der Waals surface area contributed by atoms with Gasteiger partial charge in [-0.3, -0.25) is 4.79 Å². The predicted octanol–water partition coefficient (Wildman–Crippen LogP) is 6.55. The monoisotopic (exact) mass is 916 g/mol. The summed E-state index contributed by atoms with van der Waals surface area (Å²) in [5, 5.41) is 86.9. The van der Waals surface area contributed by atoms with E-state index in [0.717, 1.165) is 57.8 Å². The molecule has 0 radical (unpaired) electrons. The molecule has 2 aliphatic heterocycles. The molecule has 2 fully saturated rings. The SMILES string of the molecule is CCCCC/C=C\C/C=C\CCCCCCCCCC(=O)NC(COC1OC(CO)C(OC2OC(CO)C(O)C(O)C2O)C(O)C1O)C(O)CCCCCCCCCCCCCCC. The molecule has 0 aromatic carbocycles. The van der Waals surface area contributed by atoms with Gasteiger partial charge >= 0.3 is 0 Å². The lowest BCUT2D eigenvalue weighted by atomic mass is 9.97. The van der Waals surface area contributed by atoms with Gasteiger partial charge in [0.05, 0.1) is 32.0 Å². The van der Waals surface area contributed by atoms with Gasteiger partial charge in [0.2, 0.25) is 5.91 Å². The minimum absolute atomic E-state index is 0.216. The van der Waals surface area contributed by atoms with Crippen LogP contribution in [0, 0.1) is 0 Å². The Labute approximate surface area is 386 Å². The second-order valence-electron chi connectivity index (χ2n) is 18.3. The fourth-order valence-corrected chi connectivity index (χ4v) is 8.44. The average Bonchev–Trinajstić information content (AvgIpc) is 3.29. The highest BCUT2D eigenvalue weighted by Crippen LogP contribution is 2.30. The standard InChI is InChI=1S/C50H93NO13/c1-3-5-7-9-11-13-15-17-18-19-20-22-24-26-28-30-32-34-42(55)51-38(39(54)33-31-29-27-25-23-21-16-14-12-10-8-6-4-2)37-61-49-47(60)45(58)48(41(36-53)63-49)64-50-46(59)44(57)43(56)40(35-52)62-50/h11,13,17-18,38-41,43-50,52-54,56-60H,3-10,12,14-16,19-37H2,1-2H3,(H,51,55)/b13-11-,18-17-. The van der Waals surface area contributed by atoms with Crippen LogP contribution < -0.4 is 5.32 Å². The Morgan fingerprint density at radius 1 is 0.562 bits per heavy atom. The van der Waals surface area contributed by atoms with E-state index in [1.807, 2.05) is 0 Å². The maximum atomic E-state index is 13.2. The Bertz CT molecular complexity index is 1170. The Morgan fingerprint density at radius 3 is 1.59 bits per heavy atom. The van der Waals surface area contributed by atoms with Crippen LogP contribution in [0.4, 0.5) is 0 Å². The van der Waals surface area contributed by atoms with Gasteiger partial charge in [0, 0.05) is 6.42 Å². The van der Waals surface area contributed by atoms with Gasteiger partial charge in [-0.15, -0.1) is 0 Å². The number of carbonyl (C=O) groups excluding carboxylic acids is 1. The summed E-state index contributed by atoms with van der Waals surface area (Å²) in [4.78, 5) is 13.2. The quantitative estimate of drug-likeness (QED) is 0.0236. The van der Waals surface area contributed by atoms with Crippen molar-refractivity contribution in [3.63, 3.8) is 0 Å². The van der Waals surface area contributed by atoms with Crippen LogP contribution in [-0.2, 0) is 23.7 Å². The molecule has 0 aliphatic carbocycles. The summed E-state index contributed by atoms with van der Waals surface area (Å²) in [7, 11) is 0. The van der Waals surface area contributed by atoms with Crippen LogP contribution in [0.2, 0.25) is 0 Å². The number of amides is 1. The fourth-order valence-electron chi connectivity index (χ4n) is 8.44. The van der Waals surface area contributed by atoms with E-state index in [1.54, 1.807) is 0 Å². The molecule has 14 heteroatoms. The van der Waals surface area contributed by atoms with E-state index in [1.165, 1.54) is 103 Å². The molecule has 0 spiro atoms. The van der Waals surface area contributed by atoms with Crippen LogP contribution in [0.1, 0.15) is 194 Å². The second-order valence-corrected chi connectivity index (χ2v) is 18.3. The van der Waals surface area contributed by atoms with Gasteiger partial charge in [-0.25, -0.2) is 0 Å². The smallest absolute Gasteiger partial charge is 0.220 e. The molecule has 2 aliphatic rings. The van der Waals surface area contributed by atoms with E-state index in [0.29, 0.717) is 19.3 Å². The number of hydrogen-bond donors (Lipinski definition) is 9. The molecule has 1 amide bonds. The molecule has 12 atom stereocenters. The van der Waals surface area contributed by atoms with E-state index in [9.17, 15) is 45.6 Å². The van der Waals surface area contributed by atoms with Crippen molar-refractivity contribution in [2.24, 2.45) is 0 Å². The lowest BCUT2D eigenvalue weighted by Gasteiger charge is -2.46. The summed E-state index contributed by atoms with van der Waals surface area (Å²) in [5.41, 5.74) is 0. The van der Waals surface area contributed by atoms with E-state index >= 15 is 0 Å². The lowest BCUT2D eigenvalue weighted by molar-refractivity contribution is -0.359. The van der Waals surface area contributed by atoms with Crippen molar-refractivity contribution in [1.82, 2.24) is 5.32 Å². The van der Waals surface area contributed by atoms with Crippen molar-refractivity contribution in [3.05, 3.63) is 24.3 Å². The number of carbonyl (C=O) groups is 1. The summed E-state index contributed by atoms with van der Waals surface area (Å²) >= 11 is 0. The molecule has 2 saturated heterocycles. The molecule has 9 N–H and O–H groups in total. The molecular formula is C50H93NO13. The van der Waals surface area contributed by atoms with E-state index in [2.05, 4.69) is 43.5 Å². The third-order valence-corrected chi connectivity index (χ3v) is 12.7. The van der Waals surface area contributed by atoms with E-state index < -0.39 is 86.8 Å². The first-order valence-electron chi connectivity index (χ1n) is 25.6. The van der Waals surface area contributed by atoms with Gasteiger partial charge in [0.1, 0.15) is 48.8 Å². The number of aliphatic hydroxyl groups is 8. The topological polar surface area (TPSA) is 228 Å². The van der Waals surface area contributed by atoms with Gasteiger partial charge in [-0.1, -0.05) is 167 Å². The van der Waals surface area contributed by atoms with E-state index in [-0.39, 0.29) is 12.5 Å². The van der Waals surface area contributed by atoms with Crippen molar-refractivity contribution in [2.45, 2.75) is 267 Å². The third-order valence-electron chi connectivity index (χ3n) is 12.7. The van der Waals surface area contributed by atoms with Gasteiger partial charge in [-0.05, 0) is 44.9 Å². The highest BCUT2D eigenvalue weighted by Gasteiger charge is 2.51. The number of nitrogens with one attached hydrogen (secondary N) is 1. The zero-order chi connectivity index (χ0) is 46.8. The molecule has 0 aromatic heterocycles. The van der Waals surface area contributed by atoms with Crippen LogP contribution in [0.25, 0.3) is 0 Å². The maximum Gasteiger partial charge on any atom is 0.220 e. The van der Waals surface area contributed by atoms with Crippen LogP contribution in [0.3, 0.4) is 0 Å². The normalized spacial score (nSPS) is 27.4. The highest BCUT2D eigenvalue weighted by atomic mass is 16.7. The molecule has 2 rings (SSSR count). The molecule has 0 saturated carbocycles. The molecule has 0 aromatic rings. The minimum atomic E-state index is -1.78. The summed E-state index contributed by atoms with van der Waals surface area (Å²) < 4.78 is 22.7. The van der Waals surface area contributed by atoms with Crippen molar-refractivity contribution >= 4 is 5.91 Å². The average molecular weight is 916 g/mol. The van der Waals surface area contributed by atoms with Gasteiger partial charge < -0.3 is 65.1 Å². The zero-order valence-electron chi connectivity index (χ0n) is 39.8. The molecule has 2 heterocycles. The molecular weight excluding hydrogens is 823 g/mol. The minimum Gasteiger partial charge on any atom is -0.394 e. The molecule has 0 bridgehead atoms. The number of aliphatic hydroxyl groups excluding tert-OH is 8. The summed E-state index contributed by atoms with van der Waals surface area (Å²) in [6, 6.07) is -0.829. The van der Waals surface area contributed by atoms with Gasteiger partial charge in [-0.2, -0.15) is 0 Å². The Hall–Kier alpha value is -1.53. The molecule has 376 valence electrons. The summed E-state index contributed by atoms with van der Waals surface area (Å²) in [6.07, 6.45) is 23.1. The summed E-state index contributed by atoms with van der Waals surface area (Å²) in [6.45, 7) is 2.81. The van der Waals surface area contributed by atoms with Crippen molar-refractivity contribution in [3.8, 4) is 0 Å². The predicted molar refractivity (Wildman–Crippen MR) is 249 cm³/mol. The van der Waals surface area contributed by atoms with Gasteiger partial charge in [0.25, 0.3) is 0 Å². The number of rotatable bonds is 39. The Balaban J connectivity index is 1.83.